The van der Waals surface area contributed by atoms with Crippen LogP contribution in [0.15, 0.2) is 36.4 Å². The normalized spacial score (nSPS) is 10.3. The zero-order chi connectivity index (χ0) is 14.7. The van der Waals surface area contributed by atoms with Crippen LogP contribution in [0.4, 0.5) is 8.78 Å². The smallest absolute Gasteiger partial charge is 0.251 e. The van der Waals surface area contributed by atoms with E-state index in [9.17, 15) is 18.7 Å². The summed E-state index contributed by atoms with van der Waals surface area (Å²) in [6.07, 6.45) is 0. The molecule has 0 aliphatic rings. The third-order valence-electron chi connectivity index (χ3n) is 2.90. The standard InChI is InChI=1S/C15H13F2NO2/c1-9-6-11(3-5-14(9)19)15(20)18-8-10-2-4-12(16)13(17)7-10/h2-7,19H,8H2,1H3,(H,18,20). The number of nitrogens with one attached hydrogen (secondary N) is 1. The SMILES string of the molecule is Cc1cc(C(=O)NCc2ccc(F)c(F)c2)ccc1O. The first-order chi connectivity index (χ1) is 9.47. The summed E-state index contributed by atoms with van der Waals surface area (Å²) in [6, 6.07) is 7.93. The monoisotopic (exact) mass is 277 g/mol. The molecule has 0 aliphatic carbocycles. The molecular weight excluding hydrogens is 264 g/mol. The molecule has 0 unspecified atom stereocenters. The minimum Gasteiger partial charge on any atom is -0.508 e. The Morgan fingerprint density at radius 2 is 1.90 bits per heavy atom. The van der Waals surface area contributed by atoms with Crippen LogP contribution in [-0.4, -0.2) is 11.0 Å². The molecule has 0 radical (unpaired) electrons. The van der Waals surface area contributed by atoms with Crippen molar-refractivity contribution in [2.24, 2.45) is 0 Å². The number of carbonyl (C=O) groups excluding carboxylic acids is 1. The molecule has 5 heteroatoms. The molecule has 0 bridgehead atoms. The van der Waals surface area contributed by atoms with Gasteiger partial charge in [0.1, 0.15) is 5.75 Å². The molecule has 2 aromatic carbocycles. The van der Waals surface area contributed by atoms with Crippen LogP contribution >= 0.6 is 0 Å². The molecule has 1 amide bonds. The molecular formula is C15H13F2NO2. The maximum absolute atomic E-state index is 13.0. The number of amides is 1. The molecule has 0 atom stereocenters. The molecule has 0 fully saturated rings. The highest BCUT2D eigenvalue weighted by molar-refractivity contribution is 5.94. The predicted octanol–water partition coefficient (Wildman–Crippen LogP) is 2.91. The van der Waals surface area contributed by atoms with Crippen LogP contribution in [0.2, 0.25) is 0 Å². The van der Waals surface area contributed by atoms with Gasteiger partial charge in [0.2, 0.25) is 0 Å². The second kappa shape index (κ2) is 5.69. The molecule has 0 saturated carbocycles. The number of carbonyl (C=O) groups is 1. The van der Waals surface area contributed by atoms with E-state index >= 15 is 0 Å². The van der Waals surface area contributed by atoms with Crippen molar-refractivity contribution in [2.75, 3.05) is 0 Å². The number of phenols is 1. The number of phenolic OH excluding ortho intramolecular Hbond substituents is 1. The molecule has 2 rings (SSSR count). The second-order valence-electron chi connectivity index (χ2n) is 4.43. The van der Waals surface area contributed by atoms with Crippen LogP contribution < -0.4 is 5.32 Å². The Hall–Kier alpha value is -2.43. The largest absolute Gasteiger partial charge is 0.508 e. The van der Waals surface area contributed by atoms with Crippen molar-refractivity contribution in [2.45, 2.75) is 13.5 Å². The van der Waals surface area contributed by atoms with Crippen LogP contribution in [0, 0.1) is 18.6 Å². The van der Waals surface area contributed by atoms with Crippen molar-refractivity contribution in [3.8, 4) is 5.75 Å². The Kier molecular flexibility index (Phi) is 3.98. The summed E-state index contributed by atoms with van der Waals surface area (Å²) >= 11 is 0. The first-order valence-corrected chi connectivity index (χ1v) is 5.99. The van der Waals surface area contributed by atoms with Crippen LogP contribution in [0.1, 0.15) is 21.5 Å². The van der Waals surface area contributed by atoms with E-state index in [1.165, 1.54) is 18.2 Å². The number of benzene rings is 2. The van der Waals surface area contributed by atoms with Gasteiger partial charge in [-0.1, -0.05) is 6.07 Å². The lowest BCUT2D eigenvalue weighted by Gasteiger charge is -2.07. The Bertz CT molecular complexity index is 656. The van der Waals surface area contributed by atoms with Gasteiger partial charge in [0.15, 0.2) is 11.6 Å². The number of hydrogen-bond acceptors (Lipinski definition) is 2. The maximum atomic E-state index is 13.0. The average molecular weight is 277 g/mol. The highest BCUT2D eigenvalue weighted by Crippen LogP contribution is 2.17. The second-order valence-corrected chi connectivity index (χ2v) is 4.43. The van der Waals surface area contributed by atoms with E-state index in [1.54, 1.807) is 13.0 Å². The predicted molar refractivity (Wildman–Crippen MR) is 70.4 cm³/mol. The highest BCUT2D eigenvalue weighted by atomic mass is 19.2. The summed E-state index contributed by atoms with van der Waals surface area (Å²) < 4.78 is 25.8. The van der Waals surface area contributed by atoms with Crippen molar-refractivity contribution in [3.63, 3.8) is 0 Å². The van der Waals surface area contributed by atoms with Crippen LogP contribution in [0.5, 0.6) is 5.75 Å². The van der Waals surface area contributed by atoms with Gasteiger partial charge < -0.3 is 10.4 Å². The van der Waals surface area contributed by atoms with Crippen LogP contribution in [0.3, 0.4) is 0 Å². The lowest BCUT2D eigenvalue weighted by molar-refractivity contribution is 0.0950. The van der Waals surface area contributed by atoms with Crippen molar-refractivity contribution in [3.05, 3.63) is 64.7 Å². The Labute approximate surface area is 114 Å². The number of aromatic hydroxyl groups is 1. The third-order valence-corrected chi connectivity index (χ3v) is 2.90. The first-order valence-electron chi connectivity index (χ1n) is 5.99. The summed E-state index contributed by atoms with van der Waals surface area (Å²) in [4.78, 5) is 11.9. The quantitative estimate of drug-likeness (QED) is 0.906. The molecule has 0 aromatic heterocycles. The number of rotatable bonds is 3. The van der Waals surface area contributed by atoms with E-state index in [1.807, 2.05) is 0 Å². The summed E-state index contributed by atoms with van der Waals surface area (Å²) in [5.74, 6) is -2.11. The van der Waals surface area contributed by atoms with Gasteiger partial charge in [0.25, 0.3) is 5.91 Å². The Morgan fingerprint density at radius 1 is 1.15 bits per heavy atom. The third kappa shape index (κ3) is 3.12. The van der Waals surface area contributed by atoms with Gasteiger partial charge in [0.05, 0.1) is 0 Å². The van der Waals surface area contributed by atoms with Crippen LogP contribution in [-0.2, 0) is 6.54 Å². The molecule has 2 N–H and O–H groups in total. The molecule has 0 saturated heterocycles. The molecule has 0 aliphatic heterocycles. The number of aryl methyl sites for hydroxylation is 1. The number of halogens is 2. The average Bonchev–Trinajstić information content (AvgIpc) is 2.43. The Morgan fingerprint density at radius 3 is 2.55 bits per heavy atom. The van der Waals surface area contributed by atoms with Crippen molar-refractivity contribution >= 4 is 5.91 Å². The van der Waals surface area contributed by atoms with Crippen molar-refractivity contribution in [1.29, 1.82) is 0 Å². The Balaban J connectivity index is 2.04. The summed E-state index contributed by atoms with van der Waals surface area (Å²) in [5, 5.41) is 12.0. The zero-order valence-electron chi connectivity index (χ0n) is 10.8. The van der Waals surface area contributed by atoms with Crippen molar-refractivity contribution < 1.29 is 18.7 Å². The van der Waals surface area contributed by atoms with Gasteiger partial charge in [-0.05, 0) is 48.4 Å². The lowest BCUT2D eigenvalue weighted by Crippen LogP contribution is -2.22. The first kappa shape index (κ1) is 14.0. The molecule has 3 nitrogen and oxygen atoms in total. The van der Waals surface area contributed by atoms with Gasteiger partial charge >= 0.3 is 0 Å². The van der Waals surface area contributed by atoms with E-state index in [4.69, 9.17) is 0 Å². The molecule has 20 heavy (non-hydrogen) atoms. The lowest BCUT2D eigenvalue weighted by atomic mass is 10.1. The molecule has 0 heterocycles. The summed E-state index contributed by atoms with van der Waals surface area (Å²) in [6.45, 7) is 1.78. The fourth-order valence-corrected chi connectivity index (χ4v) is 1.73. The summed E-state index contributed by atoms with van der Waals surface area (Å²) in [5.41, 5.74) is 1.45. The molecule has 104 valence electrons. The minimum atomic E-state index is -0.947. The molecule has 2 aromatic rings. The fraction of sp³-hybridized carbons (Fsp3) is 0.133. The van der Waals surface area contributed by atoms with E-state index in [-0.39, 0.29) is 18.2 Å². The maximum Gasteiger partial charge on any atom is 0.251 e. The summed E-state index contributed by atoms with van der Waals surface area (Å²) in [7, 11) is 0. The highest BCUT2D eigenvalue weighted by Gasteiger charge is 2.08. The van der Waals surface area contributed by atoms with Crippen LogP contribution in [0.25, 0.3) is 0 Å². The van der Waals surface area contributed by atoms with Crippen molar-refractivity contribution in [1.82, 2.24) is 5.32 Å². The van der Waals surface area contributed by atoms with Gasteiger partial charge in [-0.15, -0.1) is 0 Å². The molecule has 0 spiro atoms. The van der Waals surface area contributed by atoms with E-state index in [0.717, 1.165) is 12.1 Å². The van der Waals surface area contributed by atoms with E-state index < -0.39 is 11.6 Å². The van der Waals surface area contributed by atoms with Gasteiger partial charge in [-0.25, -0.2) is 8.78 Å². The minimum absolute atomic E-state index is 0.0932. The van der Waals surface area contributed by atoms with E-state index in [0.29, 0.717) is 16.7 Å². The topological polar surface area (TPSA) is 49.3 Å². The van der Waals surface area contributed by atoms with Gasteiger partial charge in [0, 0.05) is 12.1 Å². The fourth-order valence-electron chi connectivity index (χ4n) is 1.73. The zero-order valence-corrected chi connectivity index (χ0v) is 10.8. The van der Waals surface area contributed by atoms with E-state index in [2.05, 4.69) is 5.32 Å². The van der Waals surface area contributed by atoms with Gasteiger partial charge in [-0.3, -0.25) is 4.79 Å². The number of hydrogen-bond donors (Lipinski definition) is 2. The van der Waals surface area contributed by atoms with Gasteiger partial charge in [-0.2, -0.15) is 0 Å².